The van der Waals surface area contributed by atoms with E-state index in [1.165, 1.54) is 6.08 Å². The average molecular weight is 538 g/mol. The van der Waals surface area contributed by atoms with E-state index in [0.717, 1.165) is 70.6 Å². The van der Waals surface area contributed by atoms with Crippen LogP contribution in [-0.4, -0.2) is 36.2 Å². The minimum absolute atomic E-state index is 0.0268. The standard InChI is InChI=1S/C33H63NO4/c1-12-27(35)34-22-21-23-38-26(24-30(10,13-2)14-3)32(17-6,18-7)25-33(19-8,20-9)28(29(36)37)31(11,15-4)16-5/h12,26,28H,1,13-25H2,2-11H3,(H,34,35)(H,36,37). The normalized spacial score (nSPS) is 14.7. The molecule has 0 bridgehead atoms. The van der Waals surface area contributed by atoms with Crippen LogP contribution in [-0.2, 0) is 14.3 Å². The molecule has 0 saturated carbocycles. The van der Waals surface area contributed by atoms with Gasteiger partial charge in [-0.2, -0.15) is 0 Å². The van der Waals surface area contributed by atoms with Gasteiger partial charge in [0.1, 0.15) is 0 Å². The van der Waals surface area contributed by atoms with E-state index >= 15 is 0 Å². The summed E-state index contributed by atoms with van der Waals surface area (Å²) < 4.78 is 6.79. The van der Waals surface area contributed by atoms with Gasteiger partial charge in [0.05, 0.1) is 12.0 Å². The van der Waals surface area contributed by atoms with Crippen LogP contribution in [0.3, 0.4) is 0 Å². The molecule has 5 nitrogen and oxygen atoms in total. The largest absolute Gasteiger partial charge is 0.481 e. The van der Waals surface area contributed by atoms with Gasteiger partial charge >= 0.3 is 5.97 Å². The molecule has 0 rings (SSSR count). The zero-order chi connectivity index (χ0) is 29.6. The Morgan fingerprint density at radius 2 is 1.34 bits per heavy atom. The van der Waals surface area contributed by atoms with Gasteiger partial charge in [0, 0.05) is 13.2 Å². The third kappa shape index (κ3) is 9.10. The molecule has 38 heavy (non-hydrogen) atoms. The SMILES string of the molecule is C=CC(=O)NCCCOC(CC(C)(CC)CC)C(CC)(CC)CC(CC)(CC)C(C(=O)O)C(C)(CC)CC. The lowest BCUT2D eigenvalue weighted by Crippen LogP contribution is -2.51. The van der Waals surface area contributed by atoms with Crippen molar-refractivity contribution >= 4 is 11.9 Å². The van der Waals surface area contributed by atoms with Gasteiger partial charge in [-0.25, -0.2) is 0 Å². The molecule has 0 aliphatic rings. The van der Waals surface area contributed by atoms with Gasteiger partial charge in [-0.3, -0.25) is 9.59 Å². The van der Waals surface area contributed by atoms with Gasteiger partial charge in [0.15, 0.2) is 0 Å². The minimum atomic E-state index is -0.650. The second-order valence-corrected chi connectivity index (χ2v) is 12.4. The molecule has 0 heterocycles. The van der Waals surface area contributed by atoms with E-state index in [2.05, 4.69) is 81.1 Å². The summed E-state index contributed by atoms with van der Waals surface area (Å²) in [5, 5.41) is 13.6. The fraction of sp³-hybridized carbons (Fsp3) is 0.879. The van der Waals surface area contributed by atoms with E-state index in [-0.39, 0.29) is 33.7 Å². The van der Waals surface area contributed by atoms with Crippen LogP contribution in [0.25, 0.3) is 0 Å². The van der Waals surface area contributed by atoms with Crippen LogP contribution in [0.2, 0.25) is 0 Å². The highest BCUT2D eigenvalue weighted by atomic mass is 16.5. The Balaban J connectivity index is 6.58. The Hall–Kier alpha value is -1.36. The molecule has 1 amide bonds. The summed E-state index contributed by atoms with van der Waals surface area (Å²) in [5.41, 5.74) is -0.539. The number of amides is 1. The van der Waals surface area contributed by atoms with Crippen molar-refractivity contribution in [3.63, 3.8) is 0 Å². The number of hydrogen-bond donors (Lipinski definition) is 2. The molecule has 0 aromatic carbocycles. The van der Waals surface area contributed by atoms with Crippen LogP contribution in [0.1, 0.15) is 140 Å². The number of carbonyl (C=O) groups is 2. The maximum atomic E-state index is 13.0. The number of hydrogen-bond acceptors (Lipinski definition) is 3. The summed E-state index contributed by atoms with van der Waals surface area (Å²) >= 11 is 0. The van der Waals surface area contributed by atoms with E-state index in [4.69, 9.17) is 4.74 Å². The number of carboxylic acids is 1. The zero-order valence-electron chi connectivity index (χ0n) is 26.8. The van der Waals surface area contributed by atoms with Gasteiger partial charge in [0.2, 0.25) is 5.91 Å². The lowest BCUT2D eigenvalue weighted by Gasteiger charge is -2.53. The van der Waals surface area contributed by atoms with Crippen molar-refractivity contribution in [3.05, 3.63) is 12.7 Å². The lowest BCUT2D eigenvalue weighted by atomic mass is 9.52. The number of aliphatic carboxylic acids is 1. The molecule has 2 unspecified atom stereocenters. The van der Waals surface area contributed by atoms with Gasteiger partial charge in [-0.1, -0.05) is 88.7 Å². The van der Waals surface area contributed by atoms with Crippen molar-refractivity contribution in [1.29, 1.82) is 0 Å². The Morgan fingerprint density at radius 3 is 1.71 bits per heavy atom. The molecule has 224 valence electrons. The number of carboxylic acid groups (broad SMARTS) is 1. The molecule has 5 heteroatoms. The van der Waals surface area contributed by atoms with Crippen molar-refractivity contribution in [2.24, 2.45) is 27.6 Å². The van der Waals surface area contributed by atoms with Crippen LogP contribution < -0.4 is 5.32 Å². The molecule has 0 radical (unpaired) electrons. The highest BCUT2D eigenvalue weighted by Crippen LogP contribution is 2.57. The number of ether oxygens (including phenoxy) is 1. The third-order valence-corrected chi connectivity index (χ3v) is 10.9. The topological polar surface area (TPSA) is 75.6 Å². The average Bonchev–Trinajstić information content (AvgIpc) is 2.93. The molecule has 0 aromatic heterocycles. The second kappa shape index (κ2) is 16.7. The lowest BCUT2D eigenvalue weighted by molar-refractivity contribution is -0.162. The first kappa shape index (κ1) is 36.6. The summed E-state index contributed by atoms with van der Waals surface area (Å²) in [6, 6.07) is 0. The van der Waals surface area contributed by atoms with Crippen LogP contribution in [0.5, 0.6) is 0 Å². The Labute approximate surface area is 236 Å². The first-order valence-electron chi connectivity index (χ1n) is 15.6. The first-order chi connectivity index (χ1) is 17.8. The van der Waals surface area contributed by atoms with Crippen molar-refractivity contribution in [1.82, 2.24) is 5.32 Å². The van der Waals surface area contributed by atoms with E-state index in [1.54, 1.807) is 0 Å². The highest BCUT2D eigenvalue weighted by Gasteiger charge is 2.54. The minimum Gasteiger partial charge on any atom is -0.481 e. The number of nitrogens with one attached hydrogen (secondary N) is 1. The Bertz CT molecular complexity index is 700. The zero-order valence-corrected chi connectivity index (χ0v) is 26.8. The van der Waals surface area contributed by atoms with E-state index < -0.39 is 11.9 Å². The molecule has 0 saturated heterocycles. The molecule has 2 N–H and O–H groups in total. The first-order valence-corrected chi connectivity index (χ1v) is 15.6. The fourth-order valence-electron chi connectivity index (χ4n) is 6.76. The second-order valence-electron chi connectivity index (χ2n) is 12.4. The molecular weight excluding hydrogens is 474 g/mol. The molecule has 0 aromatic rings. The molecule has 0 aliphatic heterocycles. The summed E-state index contributed by atoms with van der Waals surface area (Å²) in [7, 11) is 0. The smallest absolute Gasteiger partial charge is 0.307 e. The third-order valence-electron chi connectivity index (χ3n) is 10.9. The Morgan fingerprint density at radius 1 is 0.842 bits per heavy atom. The van der Waals surface area contributed by atoms with Crippen molar-refractivity contribution in [3.8, 4) is 0 Å². The van der Waals surface area contributed by atoms with E-state index in [9.17, 15) is 14.7 Å². The summed E-state index contributed by atoms with van der Waals surface area (Å²) in [5.74, 6) is -1.22. The van der Waals surface area contributed by atoms with E-state index in [0.29, 0.717) is 13.2 Å². The number of rotatable bonds is 22. The number of carbonyl (C=O) groups excluding carboxylic acids is 1. The predicted octanol–water partition coefficient (Wildman–Crippen LogP) is 8.81. The monoisotopic (exact) mass is 537 g/mol. The highest BCUT2D eigenvalue weighted by molar-refractivity contribution is 5.86. The molecule has 0 fully saturated rings. The van der Waals surface area contributed by atoms with Gasteiger partial charge in [-0.05, 0) is 85.5 Å². The maximum absolute atomic E-state index is 13.0. The van der Waals surface area contributed by atoms with Crippen molar-refractivity contribution in [2.45, 2.75) is 146 Å². The van der Waals surface area contributed by atoms with E-state index in [1.807, 2.05) is 0 Å². The molecule has 0 spiro atoms. The van der Waals surface area contributed by atoms with Gasteiger partial charge in [-0.15, -0.1) is 0 Å². The summed E-state index contributed by atoms with van der Waals surface area (Å²) in [6.45, 7) is 26.9. The van der Waals surface area contributed by atoms with Crippen LogP contribution in [0.15, 0.2) is 12.7 Å². The summed E-state index contributed by atoms with van der Waals surface area (Å²) in [6.07, 6.45) is 11.3. The van der Waals surface area contributed by atoms with Crippen molar-refractivity contribution in [2.75, 3.05) is 13.2 Å². The quantitative estimate of drug-likeness (QED) is 0.107. The predicted molar refractivity (Wildman–Crippen MR) is 161 cm³/mol. The van der Waals surface area contributed by atoms with Gasteiger partial charge in [0.25, 0.3) is 0 Å². The summed E-state index contributed by atoms with van der Waals surface area (Å²) in [4.78, 5) is 24.6. The van der Waals surface area contributed by atoms with Gasteiger partial charge < -0.3 is 15.2 Å². The molecule has 2 atom stereocenters. The Kier molecular flexibility index (Phi) is 16.1. The van der Waals surface area contributed by atoms with Crippen molar-refractivity contribution < 1.29 is 19.4 Å². The van der Waals surface area contributed by atoms with Crippen LogP contribution in [0, 0.1) is 27.6 Å². The van der Waals surface area contributed by atoms with Crippen LogP contribution >= 0.6 is 0 Å². The fourth-order valence-corrected chi connectivity index (χ4v) is 6.76. The maximum Gasteiger partial charge on any atom is 0.307 e. The van der Waals surface area contributed by atoms with Crippen LogP contribution in [0.4, 0.5) is 0 Å². The molecular formula is C33H63NO4. The molecule has 0 aliphatic carbocycles.